The van der Waals surface area contributed by atoms with E-state index in [2.05, 4.69) is 10.6 Å². The summed E-state index contributed by atoms with van der Waals surface area (Å²) in [5.74, 6) is -0.402. The minimum absolute atomic E-state index is 0.000868. The van der Waals surface area contributed by atoms with E-state index in [-0.39, 0.29) is 25.2 Å². The van der Waals surface area contributed by atoms with Gasteiger partial charge in [-0.1, -0.05) is 12.1 Å². The number of carbonyl (C=O) groups excluding carboxylic acids is 2. The van der Waals surface area contributed by atoms with E-state index in [1.54, 1.807) is 18.2 Å². The Balaban J connectivity index is 1.65. The van der Waals surface area contributed by atoms with Gasteiger partial charge in [-0.2, -0.15) is 0 Å². The fourth-order valence-electron chi connectivity index (χ4n) is 2.74. The Hall–Kier alpha value is -2.87. The van der Waals surface area contributed by atoms with Crippen LogP contribution in [0.3, 0.4) is 0 Å². The molecule has 1 saturated heterocycles. The summed E-state index contributed by atoms with van der Waals surface area (Å²) in [5, 5.41) is 14.9. The predicted octanol–water partition coefficient (Wildman–Crippen LogP) is 1.70. The molecule has 0 bridgehead atoms. The van der Waals surface area contributed by atoms with Gasteiger partial charge in [0.05, 0.1) is 24.6 Å². The number of para-hydroxylation sites is 1. The molecule has 25 heavy (non-hydrogen) atoms. The summed E-state index contributed by atoms with van der Waals surface area (Å²) in [6.07, 6.45) is 0.801. The number of rotatable bonds is 4. The number of nitrogens with zero attached hydrogens (tertiary/aromatic N) is 1. The standard InChI is InChI=1S/C17H18FN3O4/c18-13-5-1-2-6-14(13)20-17(24)21-10-11(22)8-15(21)16(23)19-9-12-4-3-7-25-12/h1-7,11,15,22H,8-10H2,(H,19,23)(H,20,24)/t11-,15+/m1/s1. The smallest absolute Gasteiger partial charge is 0.322 e. The van der Waals surface area contributed by atoms with E-state index in [9.17, 15) is 19.1 Å². The first kappa shape index (κ1) is 17.0. The molecular formula is C17H18FN3O4. The van der Waals surface area contributed by atoms with Crippen molar-refractivity contribution in [1.29, 1.82) is 0 Å². The van der Waals surface area contributed by atoms with Gasteiger partial charge in [0.25, 0.3) is 0 Å². The molecule has 1 aromatic heterocycles. The lowest BCUT2D eigenvalue weighted by Gasteiger charge is -2.24. The zero-order valence-corrected chi connectivity index (χ0v) is 13.3. The Morgan fingerprint density at radius 3 is 2.80 bits per heavy atom. The van der Waals surface area contributed by atoms with Crippen LogP contribution in [0, 0.1) is 5.82 Å². The zero-order chi connectivity index (χ0) is 17.8. The lowest BCUT2D eigenvalue weighted by molar-refractivity contribution is -0.125. The second-order valence-corrected chi connectivity index (χ2v) is 5.76. The first-order chi connectivity index (χ1) is 12.0. The van der Waals surface area contributed by atoms with Gasteiger partial charge in [-0.15, -0.1) is 0 Å². The van der Waals surface area contributed by atoms with Crippen molar-refractivity contribution in [3.8, 4) is 0 Å². The van der Waals surface area contributed by atoms with Crippen LogP contribution in [0.25, 0.3) is 0 Å². The average Bonchev–Trinajstić information content (AvgIpc) is 3.24. The summed E-state index contributed by atoms with van der Waals surface area (Å²) >= 11 is 0. The molecule has 1 aromatic carbocycles. The van der Waals surface area contributed by atoms with Crippen LogP contribution in [0.4, 0.5) is 14.9 Å². The van der Waals surface area contributed by atoms with Gasteiger partial charge in [0.1, 0.15) is 17.6 Å². The van der Waals surface area contributed by atoms with E-state index in [1.807, 2.05) is 0 Å². The normalized spacial score (nSPS) is 19.7. The molecule has 0 aliphatic carbocycles. The number of carbonyl (C=O) groups is 2. The SMILES string of the molecule is O=C(NCc1ccco1)[C@@H]1C[C@@H](O)CN1C(=O)Nc1ccccc1F. The average molecular weight is 347 g/mol. The lowest BCUT2D eigenvalue weighted by Crippen LogP contribution is -2.47. The van der Waals surface area contributed by atoms with Crippen LogP contribution in [-0.4, -0.2) is 40.6 Å². The number of amides is 3. The lowest BCUT2D eigenvalue weighted by atomic mass is 10.2. The third-order valence-electron chi connectivity index (χ3n) is 3.97. The van der Waals surface area contributed by atoms with E-state index >= 15 is 0 Å². The predicted molar refractivity (Wildman–Crippen MR) is 87.1 cm³/mol. The van der Waals surface area contributed by atoms with Gasteiger partial charge in [0.15, 0.2) is 0 Å². The van der Waals surface area contributed by atoms with Crippen LogP contribution in [0.2, 0.25) is 0 Å². The first-order valence-corrected chi connectivity index (χ1v) is 7.85. The quantitative estimate of drug-likeness (QED) is 0.785. The van der Waals surface area contributed by atoms with E-state index in [1.165, 1.54) is 29.4 Å². The fraction of sp³-hybridized carbons (Fsp3) is 0.294. The van der Waals surface area contributed by atoms with Crippen molar-refractivity contribution in [2.24, 2.45) is 0 Å². The van der Waals surface area contributed by atoms with Gasteiger partial charge in [-0.25, -0.2) is 9.18 Å². The van der Waals surface area contributed by atoms with Crippen LogP contribution in [0.5, 0.6) is 0 Å². The highest BCUT2D eigenvalue weighted by Gasteiger charge is 2.39. The molecule has 8 heteroatoms. The molecule has 0 radical (unpaired) electrons. The van der Waals surface area contributed by atoms with Crippen molar-refractivity contribution < 1.29 is 23.5 Å². The molecule has 0 saturated carbocycles. The Morgan fingerprint density at radius 2 is 2.08 bits per heavy atom. The van der Waals surface area contributed by atoms with Gasteiger partial charge in [0, 0.05) is 13.0 Å². The zero-order valence-electron chi connectivity index (χ0n) is 13.3. The van der Waals surface area contributed by atoms with Gasteiger partial charge in [-0.3, -0.25) is 4.79 Å². The number of halogens is 1. The number of benzene rings is 1. The molecule has 0 unspecified atom stereocenters. The van der Waals surface area contributed by atoms with E-state index in [0.29, 0.717) is 5.76 Å². The van der Waals surface area contributed by atoms with Crippen molar-refractivity contribution in [2.75, 3.05) is 11.9 Å². The minimum Gasteiger partial charge on any atom is -0.467 e. The molecule has 3 N–H and O–H groups in total. The van der Waals surface area contributed by atoms with Crippen LogP contribution in [-0.2, 0) is 11.3 Å². The Kier molecular flexibility index (Phi) is 4.99. The van der Waals surface area contributed by atoms with Gasteiger partial charge in [0.2, 0.25) is 5.91 Å². The molecule has 3 rings (SSSR count). The maximum absolute atomic E-state index is 13.7. The highest BCUT2D eigenvalue weighted by atomic mass is 19.1. The van der Waals surface area contributed by atoms with E-state index in [4.69, 9.17) is 4.42 Å². The molecule has 2 heterocycles. The fourth-order valence-corrected chi connectivity index (χ4v) is 2.74. The molecule has 0 spiro atoms. The maximum Gasteiger partial charge on any atom is 0.322 e. The van der Waals surface area contributed by atoms with Gasteiger partial charge >= 0.3 is 6.03 Å². The highest BCUT2D eigenvalue weighted by Crippen LogP contribution is 2.21. The molecule has 1 aliphatic rings. The molecule has 1 aliphatic heterocycles. The number of anilines is 1. The summed E-state index contributed by atoms with van der Waals surface area (Å²) in [6.45, 7) is 0.181. The van der Waals surface area contributed by atoms with Gasteiger partial charge in [-0.05, 0) is 24.3 Å². The largest absolute Gasteiger partial charge is 0.467 e. The Morgan fingerprint density at radius 1 is 1.28 bits per heavy atom. The molecule has 2 atom stereocenters. The second kappa shape index (κ2) is 7.35. The maximum atomic E-state index is 13.7. The van der Waals surface area contributed by atoms with Crippen molar-refractivity contribution in [2.45, 2.75) is 25.1 Å². The van der Waals surface area contributed by atoms with E-state index < -0.39 is 29.9 Å². The molecular weight excluding hydrogens is 329 g/mol. The number of aliphatic hydroxyl groups excluding tert-OH is 1. The number of aliphatic hydroxyl groups is 1. The van der Waals surface area contributed by atoms with Crippen LogP contribution >= 0.6 is 0 Å². The number of likely N-dealkylation sites (tertiary alicyclic amines) is 1. The second-order valence-electron chi connectivity index (χ2n) is 5.76. The number of urea groups is 1. The Labute approximate surface area is 143 Å². The highest BCUT2D eigenvalue weighted by molar-refractivity contribution is 5.94. The molecule has 132 valence electrons. The summed E-state index contributed by atoms with van der Waals surface area (Å²) < 4.78 is 18.8. The van der Waals surface area contributed by atoms with E-state index in [0.717, 1.165) is 0 Å². The number of hydrogen-bond acceptors (Lipinski definition) is 4. The first-order valence-electron chi connectivity index (χ1n) is 7.85. The van der Waals surface area contributed by atoms with Crippen molar-refractivity contribution in [1.82, 2.24) is 10.2 Å². The number of β-amino-alcohol motifs (C(OH)–C–C–N with tert-alkyl or cyclic N) is 1. The third kappa shape index (κ3) is 3.97. The van der Waals surface area contributed by atoms with Crippen molar-refractivity contribution in [3.63, 3.8) is 0 Å². The summed E-state index contributed by atoms with van der Waals surface area (Å²) in [7, 11) is 0. The summed E-state index contributed by atoms with van der Waals surface area (Å²) in [5.41, 5.74) is 0.0173. The molecule has 3 amide bonds. The topological polar surface area (TPSA) is 94.8 Å². The molecule has 2 aromatic rings. The summed E-state index contributed by atoms with van der Waals surface area (Å²) in [4.78, 5) is 26.0. The van der Waals surface area contributed by atoms with Crippen LogP contribution in [0.15, 0.2) is 47.1 Å². The number of nitrogens with one attached hydrogen (secondary N) is 2. The molecule has 7 nitrogen and oxygen atoms in total. The monoisotopic (exact) mass is 347 g/mol. The van der Waals surface area contributed by atoms with Crippen LogP contribution < -0.4 is 10.6 Å². The van der Waals surface area contributed by atoms with Gasteiger partial charge < -0.3 is 25.1 Å². The van der Waals surface area contributed by atoms with Crippen LogP contribution in [0.1, 0.15) is 12.2 Å². The number of furan rings is 1. The summed E-state index contributed by atoms with van der Waals surface area (Å²) in [6, 6.07) is 7.69. The number of hydrogen-bond donors (Lipinski definition) is 3. The molecule has 1 fully saturated rings. The van der Waals surface area contributed by atoms with Crippen molar-refractivity contribution in [3.05, 3.63) is 54.2 Å². The Bertz CT molecular complexity index is 750. The van der Waals surface area contributed by atoms with Crippen molar-refractivity contribution >= 4 is 17.6 Å². The third-order valence-corrected chi connectivity index (χ3v) is 3.97. The minimum atomic E-state index is -0.836.